The molecule has 1 aromatic carbocycles. The topological polar surface area (TPSA) is 72.2 Å². The summed E-state index contributed by atoms with van der Waals surface area (Å²) in [5.41, 5.74) is 7.00. The van der Waals surface area contributed by atoms with E-state index < -0.39 is 11.0 Å². The Morgan fingerprint density at radius 1 is 1.36 bits per heavy atom. The third-order valence-electron chi connectivity index (χ3n) is 2.92. The fourth-order valence-corrected chi connectivity index (χ4v) is 2.59. The van der Waals surface area contributed by atoms with Gasteiger partial charge < -0.3 is 10.5 Å². The zero-order chi connectivity index (χ0) is 16.4. The van der Waals surface area contributed by atoms with E-state index in [-0.39, 0.29) is 5.91 Å². The molecule has 1 amide bonds. The number of primary amides is 1. The van der Waals surface area contributed by atoms with Gasteiger partial charge in [-0.05, 0) is 43.5 Å². The number of amides is 1. The van der Waals surface area contributed by atoms with Crippen LogP contribution in [-0.2, 0) is 22.2 Å². The summed E-state index contributed by atoms with van der Waals surface area (Å²) < 4.78 is 15.1. The van der Waals surface area contributed by atoms with Crippen molar-refractivity contribution in [2.24, 2.45) is 5.73 Å². The minimum Gasteiger partial charge on any atom is -0.370 e. The van der Waals surface area contributed by atoms with Crippen LogP contribution >= 0.6 is 0 Å². The van der Waals surface area contributed by atoms with Crippen LogP contribution < -0.4 is 10.5 Å². The second kappa shape index (κ2) is 9.73. The highest BCUT2D eigenvalue weighted by molar-refractivity contribution is 7.90. The number of aryl methyl sites for hydroxylation is 1. The second-order valence-electron chi connectivity index (χ2n) is 4.69. The summed E-state index contributed by atoms with van der Waals surface area (Å²) in [4.78, 5) is 11.3. The summed E-state index contributed by atoms with van der Waals surface area (Å²) >= 11 is 0. The molecule has 0 saturated heterocycles. The molecule has 22 heavy (non-hydrogen) atoms. The third kappa shape index (κ3) is 6.54. The molecule has 4 nitrogen and oxygen atoms in total. The van der Waals surface area contributed by atoms with Gasteiger partial charge in [0.05, 0.1) is 4.91 Å². The molecule has 1 atom stereocenters. The van der Waals surface area contributed by atoms with Crippen LogP contribution in [0.5, 0.6) is 0 Å². The number of rotatable bonds is 9. The molecule has 3 N–H and O–H groups in total. The number of carbonyl (C=O) groups excluding carboxylic acids is 1. The lowest BCUT2D eigenvalue weighted by atomic mass is 10.1. The number of nitrogens with two attached hydrogens (primary N) is 1. The van der Waals surface area contributed by atoms with Crippen molar-refractivity contribution in [3.8, 4) is 0 Å². The van der Waals surface area contributed by atoms with Gasteiger partial charge in [0.15, 0.2) is 0 Å². The highest BCUT2D eigenvalue weighted by Crippen LogP contribution is 2.15. The summed E-state index contributed by atoms with van der Waals surface area (Å²) in [7, 11) is -1.35. The number of hydrogen-bond acceptors (Lipinski definition) is 2. The number of nitrogens with one attached hydrogen (secondary N) is 1. The maximum atomic E-state index is 12.2. The highest BCUT2D eigenvalue weighted by atomic mass is 32.2. The molecule has 0 bridgehead atoms. The molecule has 0 spiro atoms. The van der Waals surface area contributed by atoms with Crippen molar-refractivity contribution in [2.75, 3.05) is 4.72 Å². The molecule has 0 aromatic heterocycles. The maximum absolute atomic E-state index is 12.2. The van der Waals surface area contributed by atoms with Gasteiger partial charge in [-0.15, -0.1) is 0 Å². The van der Waals surface area contributed by atoms with Gasteiger partial charge in [0.2, 0.25) is 5.91 Å². The summed E-state index contributed by atoms with van der Waals surface area (Å²) in [6, 6.07) is 7.63. The van der Waals surface area contributed by atoms with E-state index in [0.29, 0.717) is 11.3 Å². The Kier molecular flexibility index (Phi) is 7.92. The quantitative estimate of drug-likeness (QED) is 0.686. The van der Waals surface area contributed by atoms with Crippen molar-refractivity contribution in [3.63, 3.8) is 0 Å². The minimum absolute atomic E-state index is 0.279. The fourth-order valence-electron chi connectivity index (χ4n) is 1.77. The van der Waals surface area contributed by atoms with E-state index in [9.17, 15) is 9.00 Å². The number of allylic oxidation sites excluding steroid dienone is 4. The van der Waals surface area contributed by atoms with Gasteiger partial charge in [0.25, 0.3) is 0 Å². The molecule has 0 saturated carbocycles. The molecular weight excluding hydrogens is 296 g/mol. The molecule has 118 valence electrons. The number of hydrogen-bond donors (Lipinski definition) is 2. The van der Waals surface area contributed by atoms with Crippen molar-refractivity contribution in [1.29, 1.82) is 0 Å². The van der Waals surface area contributed by atoms with E-state index in [1.54, 1.807) is 12.2 Å². The Bertz CT molecular complexity index is 589. The Morgan fingerprint density at radius 3 is 2.59 bits per heavy atom. The van der Waals surface area contributed by atoms with E-state index in [2.05, 4.69) is 11.3 Å². The van der Waals surface area contributed by atoms with Gasteiger partial charge in [-0.2, -0.15) is 0 Å². The zero-order valence-electron chi connectivity index (χ0n) is 12.7. The Morgan fingerprint density at radius 2 is 2.05 bits per heavy atom. The molecule has 0 radical (unpaired) electrons. The molecular formula is C17H22N2O2S. The smallest absolute Gasteiger partial charge is 0.217 e. The summed E-state index contributed by atoms with van der Waals surface area (Å²) in [5.74, 6) is -0.279. The minimum atomic E-state index is -1.35. The molecule has 0 aliphatic carbocycles. The van der Waals surface area contributed by atoms with Crippen LogP contribution in [0.15, 0.2) is 60.1 Å². The van der Waals surface area contributed by atoms with Gasteiger partial charge in [-0.3, -0.25) is 4.79 Å². The zero-order valence-corrected chi connectivity index (χ0v) is 13.6. The van der Waals surface area contributed by atoms with Crippen LogP contribution in [0.2, 0.25) is 0 Å². The lowest BCUT2D eigenvalue weighted by Gasteiger charge is -2.07. The summed E-state index contributed by atoms with van der Waals surface area (Å²) in [5, 5.41) is 0. The normalized spacial score (nSPS) is 13.0. The second-order valence-corrected chi connectivity index (χ2v) is 5.90. The van der Waals surface area contributed by atoms with E-state index in [1.807, 2.05) is 43.3 Å². The molecule has 1 aromatic rings. The van der Waals surface area contributed by atoms with Crippen molar-refractivity contribution >= 4 is 22.6 Å². The van der Waals surface area contributed by atoms with E-state index in [1.165, 1.54) is 0 Å². The lowest BCUT2D eigenvalue weighted by Crippen LogP contribution is -2.10. The molecule has 0 heterocycles. The Hall–Kier alpha value is -2.14. The first kappa shape index (κ1) is 17.9. The first-order valence-electron chi connectivity index (χ1n) is 7.08. The Balaban J connectivity index is 2.61. The predicted octanol–water partition coefficient (Wildman–Crippen LogP) is 3.22. The summed E-state index contributed by atoms with van der Waals surface area (Å²) in [6.45, 7) is 5.56. The van der Waals surface area contributed by atoms with E-state index in [0.717, 1.165) is 24.1 Å². The van der Waals surface area contributed by atoms with Gasteiger partial charge in [0, 0.05) is 12.1 Å². The van der Waals surface area contributed by atoms with E-state index >= 15 is 0 Å². The van der Waals surface area contributed by atoms with Crippen molar-refractivity contribution < 1.29 is 9.00 Å². The van der Waals surface area contributed by atoms with Crippen LogP contribution in [0.4, 0.5) is 5.69 Å². The number of carbonyl (C=O) groups is 1. The van der Waals surface area contributed by atoms with Gasteiger partial charge in [-0.1, -0.05) is 36.9 Å². The third-order valence-corrected chi connectivity index (χ3v) is 4.07. The van der Waals surface area contributed by atoms with Crippen LogP contribution in [0.1, 0.15) is 25.3 Å². The molecule has 0 fully saturated rings. The predicted molar refractivity (Wildman–Crippen MR) is 93.4 cm³/mol. The van der Waals surface area contributed by atoms with Gasteiger partial charge in [-0.25, -0.2) is 4.21 Å². The first-order valence-corrected chi connectivity index (χ1v) is 8.23. The monoisotopic (exact) mass is 318 g/mol. The molecule has 1 rings (SSSR count). The average Bonchev–Trinajstić information content (AvgIpc) is 2.49. The van der Waals surface area contributed by atoms with Gasteiger partial charge >= 0.3 is 0 Å². The standard InChI is InChI=1S/C17H22N2O2S/c1-3-5-8-16(4-2)22(21)19-15-12-10-14(11-13-15)7-6-9-17(18)20/h3-5,8,10-13,19H,2,6-7,9H2,1H3,(H2,18,20)/b5-3-,16-8+. The average molecular weight is 318 g/mol. The van der Waals surface area contributed by atoms with Gasteiger partial charge in [0.1, 0.15) is 11.0 Å². The number of anilines is 1. The Labute approximate surface area is 134 Å². The molecule has 1 unspecified atom stereocenters. The first-order chi connectivity index (χ1) is 10.6. The van der Waals surface area contributed by atoms with Crippen molar-refractivity contribution in [2.45, 2.75) is 26.2 Å². The molecule has 5 heteroatoms. The van der Waals surface area contributed by atoms with Crippen LogP contribution in [-0.4, -0.2) is 10.1 Å². The molecule has 0 aliphatic rings. The van der Waals surface area contributed by atoms with E-state index in [4.69, 9.17) is 5.73 Å². The lowest BCUT2D eigenvalue weighted by molar-refractivity contribution is -0.118. The summed E-state index contributed by atoms with van der Waals surface area (Å²) in [6.07, 6.45) is 8.93. The van der Waals surface area contributed by atoms with Crippen LogP contribution in [0, 0.1) is 0 Å². The largest absolute Gasteiger partial charge is 0.370 e. The maximum Gasteiger partial charge on any atom is 0.217 e. The fraction of sp³-hybridized carbons (Fsp3) is 0.235. The molecule has 0 aliphatic heterocycles. The van der Waals surface area contributed by atoms with Crippen molar-refractivity contribution in [1.82, 2.24) is 0 Å². The highest BCUT2D eigenvalue weighted by Gasteiger charge is 2.04. The van der Waals surface area contributed by atoms with Crippen LogP contribution in [0.3, 0.4) is 0 Å². The SMILES string of the molecule is C=C/C(=C\C=C/C)S(=O)Nc1ccc(CCCC(N)=O)cc1. The van der Waals surface area contributed by atoms with Crippen LogP contribution in [0.25, 0.3) is 0 Å². The number of benzene rings is 1. The van der Waals surface area contributed by atoms with Crippen molar-refractivity contribution in [3.05, 3.63) is 65.6 Å².